The zero-order valence-corrected chi connectivity index (χ0v) is 27.9. The normalized spacial score (nSPS) is 17.8. The minimum atomic E-state index is -0.280. The number of benzene rings is 4. The number of anilines is 2. The molecule has 4 aliphatic rings. The second-order valence-corrected chi connectivity index (χ2v) is 12.9. The molecule has 0 bridgehead atoms. The highest BCUT2D eigenvalue weighted by atomic mass is 16.5. The first kappa shape index (κ1) is 32.3. The van der Waals surface area contributed by atoms with Crippen LogP contribution in [0.3, 0.4) is 0 Å². The number of nitrogens with zero attached hydrogens (tertiary/aromatic N) is 4. The Morgan fingerprint density at radius 1 is 0.480 bits per heavy atom. The largest absolute Gasteiger partial charge is 0.378 e. The van der Waals surface area contributed by atoms with Gasteiger partial charge < -0.3 is 29.9 Å². The summed E-state index contributed by atoms with van der Waals surface area (Å²) >= 11 is 0. The van der Waals surface area contributed by atoms with E-state index in [4.69, 9.17) is 9.47 Å². The maximum atomic E-state index is 13.5. The quantitative estimate of drug-likeness (QED) is 0.181. The molecule has 2 fully saturated rings. The highest BCUT2D eigenvalue weighted by Gasteiger charge is 2.35. The summed E-state index contributed by atoms with van der Waals surface area (Å²) in [4.78, 5) is 61.1. The van der Waals surface area contributed by atoms with Crippen molar-refractivity contribution in [2.75, 3.05) is 102 Å². The van der Waals surface area contributed by atoms with Crippen LogP contribution in [0.5, 0.6) is 0 Å². The molecule has 12 nitrogen and oxygen atoms in total. The van der Waals surface area contributed by atoms with Crippen molar-refractivity contribution in [2.45, 2.75) is 0 Å². The van der Waals surface area contributed by atoms with Gasteiger partial charge in [0, 0.05) is 121 Å². The number of rotatable bonds is 11. The predicted octanol–water partition coefficient (Wildman–Crippen LogP) is 2.74. The SMILES string of the molecule is O=C1c2cccc3c(N4CCOCC4)ccc(c23)C(=O)N1CCNCCNCCN1C(=O)c2cccc3c(N4CCOCC4)ccc(c23)C1=O. The first-order valence-corrected chi connectivity index (χ1v) is 17.4. The molecular weight excluding hydrogens is 636 g/mol. The fourth-order valence-electron chi connectivity index (χ4n) is 7.64. The van der Waals surface area contributed by atoms with Crippen LogP contribution in [0.2, 0.25) is 0 Å². The van der Waals surface area contributed by atoms with Crippen LogP contribution in [-0.4, -0.2) is 125 Å². The van der Waals surface area contributed by atoms with Crippen molar-refractivity contribution in [2.24, 2.45) is 0 Å². The molecule has 0 aliphatic carbocycles. The number of carbonyl (C=O) groups excluding carboxylic acids is 4. The van der Waals surface area contributed by atoms with E-state index >= 15 is 0 Å². The van der Waals surface area contributed by atoms with Crippen molar-refractivity contribution < 1.29 is 28.7 Å². The Kier molecular flexibility index (Phi) is 8.92. The second kappa shape index (κ2) is 13.8. The lowest BCUT2D eigenvalue weighted by atomic mass is 9.92. The summed E-state index contributed by atoms with van der Waals surface area (Å²) in [7, 11) is 0. The number of amides is 4. The summed E-state index contributed by atoms with van der Waals surface area (Å²) < 4.78 is 11.0. The molecule has 258 valence electrons. The molecule has 4 heterocycles. The van der Waals surface area contributed by atoms with Crippen molar-refractivity contribution in [1.29, 1.82) is 0 Å². The molecular formula is C38H40N6O6. The fraction of sp³-hybridized carbons (Fsp3) is 0.368. The first-order valence-electron chi connectivity index (χ1n) is 17.4. The third-order valence-corrected chi connectivity index (χ3v) is 10.1. The molecule has 4 aromatic rings. The van der Waals surface area contributed by atoms with Crippen LogP contribution in [0, 0.1) is 0 Å². The zero-order chi connectivity index (χ0) is 34.2. The second-order valence-electron chi connectivity index (χ2n) is 12.9. The van der Waals surface area contributed by atoms with Gasteiger partial charge in [0.1, 0.15) is 0 Å². The average Bonchev–Trinajstić information content (AvgIpc) is 3.16. The maximum Gasteiger partial charge on any atom is 0.261 e. The molecule has 12 heteroatoms. The van der Waals surface area contributed by atoms with Gasteiger partial charge in [-0.3, -0.25) is 29.0 Å². The molecule has 0 saturated carbocycles. The van der Waals surface area contributed by atoms with E-state index in [1.165, 1.54) is 9.80 Å². The van der Waals surface area contributed by atoms with Gasteiger partial charge in [0.15, 0.2) is 0 Å². The van der Waals surface area contributed by atoms with Crippen molar-refractivity contribution in [3.63, 3.8) is 0 Å². The number of ether oxygens (including phenoxy) is 2. The van der Waals surface area contributed by atoms with Gasteiger partial charge in [0.2, 0.25) is 0 Å². The van der Waals surface area contributed by atoms with Crippen LogP contribution in [0.1, 0.15) is 41.4 Å². The Bertz CT molecular complexity index is 1820. The molecule has 8 rings (SSSR count). The van der Waals surface area contributed by atoms with Gasteiger partial charge in [-0.2, -0.15) is 0 Å². The highest BCUT2D eigenvalue weighted by Crippen LogP contribution is 2.37. The third-order valence-electron chi connectivity index (χ3n) is 10.1. The molecule has 0 radical (unpaired) electrons. The van der Waals surface area contributed by atoms with Crippen LogP contribution < -0.4 is 20.4 Å². The number of morpholine rings is 2. The summed E-state index contributed by atoms with van der Waals surface area (Å²) in [6.45, 7) is 8.20. The average molecular weight is 677 g/mol. The van der Waals surface area contributed by atoms with Gasteiger partial charge in [-0.25, -0.2) is 0 Å². The fourth-order valence-corrected chi connectivity index (χ4v) is 7.64. The van der Waals surface area contributed by atoms with Gasteiger partial charge in [-0.15, -0.1) is 0 Å². The van der Waals surface area contributed by atoms with Crippen LogP contribution >= 0.6 is 0 Å². The standard InChI is InChI=1S/C38H40N6O6/c45-35-27-5-1-3-25-31(41-17-21-49-22-18-41)9-7-29(33(25)27)37(47)43(35)15-13-39-11-12-40-14-16-44-36(46)28-6-2-4-26-32(42-19-23-50-24-20-42)10-8-30(34(26)28)38(44)48/h1-10,39-40H,11-24H2. The van der Waals surface area contributed by atoms with Crippen LogP contribution in [-0.2, 0) is 9.47 Å². The van der Waals surface area contributed by atoms with Gasteiger partial charge in [0.25, 0.3) is 23.6 Å². The van der Waals surface area contributed by atoms with Gasteiger partial charge in [-0.1, -0.05) is 24.3 Å². The van der Waals surface area contributed by atoms with E-state index in [1.54, 1.807) is 12.1 Å². The Morgan fingerprint density at radius 3 is 1.26 bits per heavy atom. The third kappa shape index (κ3) is 5.67. The van der Waals surface area contributed by atoms with Crippen molar-refractivity contribution in [3.8, 4) is 0 Å². The van der Waals surface area contributed by atoms with E-state index in [2.05, 4.69) is 20.4 Å². The van der Waals surface area contributed by atoms with E-state index in [9.17, 15) is 19.2 Å². The van der Waals surface area contributed by atoms with Gasteiger partial charge in [-0.05, 0) is 36.4 Å². The van der Waals surface area contributed by atoms with E-state index in [0.717, 1.165) is 59.1 Å². The summed E-state index contributed by atoms with van der Waals surface area (Å²) in [5.41, 5.74) is 4.23. The number of imide groups is 2. The first-order chi connectivity index (χ1) is 24.5. The molecule has 0 unspecified atom stereocenters. The summed E-state index contributed by atoms with van der Waals surface area (Å²) in [6, 6.07) is 19.0. The Labute approximate surface area is 289 Å². The molecule has 0 spiro atoms. The molecule has 4 amide bonds. The predicted molar refractivity (Wildman–Crippen MR) is 190 cm³/mol. The number of hydrogen-bond acceptors (Lipinski definition) is 10. The Balaban J connectivity index is 0.832. The lowest BCUT2D eigenvalue weighted by Gasteiger charge is -2.32. The van der Waals surface area contributed by atoms with Crippen LogP contribution in [0.25, 0.3) is 21.5 Å². The number of carbonyl (C=O) groups is 4. The molecule has 4 aromatic carbocycles. The van der Waals surface area contributed by atoms with E-state index in [1.807, 2.05) is 48.5 Å². The summed E-state index contributed by atoms with van der Waals surface area (Å²) in [6.07, 6.45) is 0. The lowest BCUT2D eigenvalue weighted by Crippen LogP contribution is -2.45. The minimum Gasteiger partial charge on any atom is -0.378 e. The molecule has 2 saturated heterocycles. The molecule has 4 aliphatic heterocycles. The maximum absolute atomic E-state index is 13.5. The molecule has 2 N–H and O–H groups in total. The van der Waals surface area contributed by atoms with E-state index in [-0.39, 0.29) is 36.7 Å². The lowest BCUT2D eigenvalue weighted by molar-refractivity contribution is 0.0595. The molecule has 0 aromatic heterocycles. The van der Waals surface area contributed by atoms with E-state index in [0.29, 0.717) is 74.9 Å². The van der Waals surface area contributed by atoms with Crippen molar-refractivity contribution in [3.05, 3.63) is 82.9 Å². The van der Waals surface area contributed by atoms with Crippen molar-refractivity contribution in [1.82, 2.24) is 20.4 Å². The van der Waals surface area contributed by atoms with Crippen LogP contribution in [0.4, 0.5) is 11.4 Å². The Morgan fingerprint density at radius 2 is 0.860 bits per heavy atom. The Hall–Kier alpha value is -4.88. The minimum absolute atomic E-state index is 0.244. The summed E-state index contributed by atoms with van der Waals surface area (Å²) in [5.74, 6) is -1.12. The van der Waals surface area contributed by atoms with Crippen molar-refractivity contribution >= 4 is 56.5 Å². The van der Waals surface area contributed by atoms with Crippen LogP contribution in [0.15, 0.2) is 60.7 Å². The van der Waals surface area contributed by atoms with Gasteiger partial charge in [0.05, 0.1) is 26.4 Å². The highest BCUT2D eigenvalue weighted by molar-refractivity contribution is 6.28. The van der Waals surface area contributed by atoms with E-state index < -0.39 is 0 Å². The number of hydrogen-bond donors (Lipinski definition) is 2. The summed E-state index contributed by atoms with van der Waals surface area (Å²) in [5, 5.41) is 9.89. The zero-order valence-electron chi connectivity index (χ0n) is 27.9. The topological polar surface area (TPSA) is 124 Å². The molecule has 0 atom stereocenters. The monoisotopic (exact) mass is 676 g/mol. The number of nitrogens with one attached hydrogen (secondary N) is 2. The smallest absolute Gasteiger partial charge is 0.261 e. The molecule has 50 heavy (non-hydrogen) atoms. The van der Waals surface area contributed by atoms with Gasteiger partial charge >= 0.3 is 0 Å².